The third kappa shape index (κ3) is 18.5. The van der Waals surface area contributed by atoms with Crippen molar-refractivity contribution in [1.82, 2.24) is 0 Å². The van der Waals surface area contributed by atoms with Gasteiger partial charge in [0.1, 0.15) is 46.0 Å². The maximum atomic E-state index is 13.9. The molecule has 83 heavy (non-hydrogen) atoms. The Hall–Kier alpha value is -9.44. The minimum absolute atomic E-state index is 0.143. The largest absolute Gasteiger partial charge is 0.506 e. The first-order valence-corrected chi connectivity index (χ1v) is 28.0. The number of rotatable bonds is 27. The van der Waals surface area contributed by atoms with Crippen LogP contribution in [0.5, 0.6) is 57.5 Å². The lowest BCUT2D eigenvalue weighted by atomic mass is 10.0. The van der Waals surface area contributed by atoms with Gasteiger partial charge in [-0.15, -0.1) is 0 Å². The molecule has 8 aromatic rings. The monoisotopic (exact) mass is 1130 g/mol. The van der Waals surface area contributed by atoms with Crippen molar-refractivity contribution in [2.75, 3.05) is 35.5 Å². The van der Waals surface area contributed by atoms with Crippen molar-refractivity contribution in [2.45, 2.75) is 111 Å². The lowest BCUT2D eigenvalue weighted by molar-refractivity contribution is -0.123. The summed E-state index contributed by atoms with van der Waals surface area (Å²) < 4.78 is 34.8. The highest BCUT2D eigenvalue weighted by atomic mass is 16.5. The molecule has 0 aliphatic rings. The first-order chi connectivity index (χ1) is 40.2. The number of amides is 4. The summed E-state index contributed by atoms with van der Waals surface area (Å²) in [5.74, 6) is 1.93. The zero-order chi connectivity index (χ0) is 59.1. The Morgan fingerprint density at radius 3 is 1.42 bits per heavy atom. The van der Waals surface area contributed by atoms with Crippen LogP contribution >= 0.6 is 0 Å². The number of anilines is 4. The molecule has 16 nitrogen and oxygen atoms in total. The van der Waals surface area contributed by atoms with E-state index >= 15 is 0 Å². The van der Waals surface area contributed by atoms with Crippen molar-refractivity contribution in [3.05, 3.63) is 158 Å². The number of carbonyl (C=O) groups is 4. The fraction of sp³-hybridized carbons (Fsp3) is 0.284. The van der Waals surface area contributed by atoms with Gasteiger partial charge in [-0.1, -0.05) is 131 Å². The molecular formula is C67H74N4O12. The number of carbonyl (C=O) groups excluding carboxylic acids is 4. The minimum Gasteiger partial charge on any atom is -0.506 e. The average Bonchev–Trinajstić information content (AvgIpc) is 3.49. The van der Waals surface area contributed by atoms with Crippen LogP contribution in [0.25, 0.3) is 21.5 Å². The summed E-state index contributed by atoms with van der Waals surface area (Å²) in [6.07, 6.45) is 10.8. The molecule has 2 unspecified atom stereocenters. The first kappa shape index (κ1) is 61.2. The van der Waals surface area contributed by atoms with Gasteiger partial charge in [0.15, 0.2) is 23.7 Å². The van der Waals surface area contributed by atoms with E-state index in [4.69, 9.17) is 28.4 Å². The van der Waals surface area contributed by atoms with Crippen LogP contribution in [0.15, 0.2) is 158 Å². The molecule has 4 amide bonds. The summed E-state index contributed by atoms with van der Waals surface area (Å²) in [7, 11) is 3.14. The van der Waals surface area contributed by atoms with Crippen molar-refractivity contribution in [3.63, 3.8) is 0 Å². The molecule has 0 spiro atoms. The number of aromatic hydroxyl groups is 2. The van der Waals surface area contributed by atoms with Gasteiger partial charge in [-0.05, 0) is 103 Å². The molecule has 8 aromatic carbocycles. The van der Waals surface area contributed by atoms with E-state index < -0.39 is 18.1 Å². The van der Waals surface area contributed by atoms with Crippen LogP contribution in [0.2, 0.25) is 0 Å². The smallest absolute Gasteiger partial charge is 0.265 e. The number of hydrogen-bond donors (Lipinski definition) is 6. The minimum atomic E-state index is -0.859. The van der Waals surface area contributed by atoms with Gasteiger partial charge < -0.3 is 59.9 Å². The molecular weight excluding hydrogens is 1050 g/mol. The van der Waals surface area contributed by atoms with Crippen LogP contribution in [-0.4, -0.2) is 60.3 Å². The number of unbranched alkanes of at least 4 members (excludes halogenated alkanes) is 9. The van der Waals surface area contributed by atoms with Gasteiger partial charge >= 0.3 is 0 Å². The number of methoxy groups -OCH3 is 2. The second-order valence-electron chi connectivity index (χ2n) is 20.0. The van der Waals surface area contributed by atoms with Crippen molar-refractivity contribution in [3.8, 4) is 57.5 Å². The number of nitrogens with one attached hydrogen (secondary N) is 4. The SMILES string of the molecule is CCCCCCCCCCCCC(Oc1ccc2ccccc2c1)C(=O)Nc1cc(O)c(NC(C)=O)cc1Oc1ccc(OC)cc1.COc1ccc(Oc2cc(NC(C)=O)c(O)cc2NC(=O)C(C)Oc2cccc3ccccc23)cc1. The lowest BCUT2D eigenvalue weighted by Gasteiger charge is -2.21. The molecule has 0 heterocycles. The van der Waals surface area contributed by atoms with Crippen LogP contribution in [0, 0.1) is 0 Å². The van der Waals surface area contributed by atoms with Crippen molar-refractivity contribution in [2.24, 2.45) is 0 Å². The van der Waals surface area contributed by atoms with E-state index in [9.17, 15) is 29.4 Å². The Labute approximate surface area is 485 Å². The quantitative estimate of drug-likeness (QED) is 0.0210. The predicted molar refractivity (Wildman–Crippen MR) is 327 cm³/mol. The summed E-state index contributed by atoms with van der Waals surface area (Å²) >= 11 is 0. The van der Waals surface area contributed by atoms with E-state index in [1.807, 2.05) is 78.9 Å². The van der Waals surface area contributed by atoms with Gasteiger partial charge in [0.2, 0.25) is 11.8 Å². The number of hydrogen-bond acceptors (Lipinski definition) is 12. The van der Waals surface area contributed by atoms with E-state index in [1.165, 1.54) is 83.1 Å². The van der Waals surface area contributed by atoms with Crippen LogP contribution < -0.4 is 49.7 Å². The molecule has 0 fully saturated rings. The predicted octanol–water partition coefficient (Wildman–Crippen LogP) is 15.7. The van der Waals surface area contributed by atoms with Crippen molar-refractivity contribution in [1.29, 1.82) is 0 Å². The molecule has 8 rings (SSSR count). The van der Waals surface area contributed by atoms with Crippen LogP contribution in [0.3, 0.4) is 0 Å². The highest BCUT2D eigenvalue weighted by Gasteiger charge is 2.25. The summed E-state index contributed by atoms with van der Waals surface area (Å²) in [5, 5.41) is 36.0. The number of ether oxygens (including phenoxy) is 6. The highest BCUT2D eigenvalue weighted by molar-refractivity contribution is 5.99. The van der Waals surface area contributed by atoms with Gasteiger partial charge in [-0.3, -0.25) is 19.2 Å². The van der Waals surface area contributed by atoms with E-state index in [0.717, 1.165) is 40.8 Å². The standard InChI is InChI=1S/C39H48N2O6.C28H26N2O6/c1-4-5-6-7-8-9-10-11-12-13-18-37(47-33-20-19-29-16-14-15-17-30(29)25-33)39(44)41-35-26-36(43)34(40-28(2)42)27-38(35)46-32-23-21-31(45-3)22-24-32;1-17(35-26-10-6-8-19-7-4-5-9-22(19)26)28(33)30-24-15-25(32)23(29-18(2)31)16-27(24)36-21-13-11-20(34-3)12-14-21/h14-17,19-27,37,43H,4-13,18H2,1-3H3,(H,40,42)(H,41,44);4-17,32H,1-3H3,(H,29,31)(H,30,33). The molecule has 16 heteroatoms. The van der Waals surface area contributed by atoms with E-state index in [0.29, 0.717) is 40.9 Å². The van der Waals surface area contributed by atoms with Gasteiger partial charge in [-0.2, -0.15) is 0 Å². The van der Waals surface area contributed by atoms with E-state index in [2.05, 4.69) is 28.2 Å². The Bertz CT molecular complexity index is 3440. The zero-order valence-electron chi connectivity index (χ0n) is 47.9. The normalized spacial score (nSPS) is 11.5. The molecule has 0 bridgehead atoms. The van der Waals surface area contributed by atoms with Crippen LogP contribution in [0.1, 0.15) is 98.3 Å². The van der Waals surface area contributed by atoms with E-state index in [1.54, 1.807) is 75.7 Å². The van der Waals surface area contributed by atoms with E-state index in [-0.39, 0.29) is 63.5 Å². The Morgan fingerprint density at radius 2 is 0.892 bits per heavy atom. The molecule has 0 saturated carbocycles. The molecule has 0 aliphatic carbocycles. The second kappa shape index (κ2) is 31.0. The molecule has 0 radical (unpaired) electrons. The number of fused-ring (bicyclic) bond motifs is 2. The Kier molecular flexibility index (Phi) is 22.8. The Morgan fingerprint density at radius 1 is 0.434 bits per heavy atom. The van der Waals surface area contributed by atoms with Crippen molar-refractivity contribution < 1.29 is 57.8 Å². The zero-order valence-corrected chi connectivity index (χ0v) is 47.9. The molecule has 0 saturated heterocycles. The fourth-order valence-electron chi connectivity index (χ4n) is 9.08. The van der Waals surface area contributed by atoms with Gasteiger partial charge in [-0.25, -0.2) is 0 Å². The Balaban J connectivity index is 0.000000247. The number of phenolic OH excluding ortho intramolecular Hbond substituents is 2. The molecule has 0 aromatic heterocycles. The topological polar surface area (TPSA) is 212 Å². The van der Waals surface area contributed by atoms with Gasteiger partial charge in [0.05, 0.1) is 37.0 Å². The van der Waals surface area contributed by atoms with Crippen LogP contribution in [-0.2, 0) is 19.2 Å². The summed E-state index contributed by atoms with van der Waals surface area (Å²) in [6.45, 7) is 6.54. The maximum absolute atomic E-state index is 13.9. The maximum Gasteiger partial charge on any atom is 0.265 e. The number of phenols is 2. The summed E-state index contributed by atoms with van der Waals surface area (Å²) in [6, 6.07) is 46.6. The molecule has 434 valence electrons. The highest BCUT2D eigenvalue weighted by Crippen LogP contribution is 2.41. The summed E-state index contributed by atoms with van der Waals surface area (Å²) in [5.41, 5.74) is 0.751. The molecule has 2 atom stereocenters. The summed E-state index contributed by atoms with van der Waals surface area (Å²) in [4.78, 5) is 50.3. The molecule has 6 N–H and O–H groups in total. The third-order valence-corrected chi connectivity index (χ3v) is 13.4. The molecule has 0 aliphatic heterocycles. The fourth-order valence-corrected chi connectivity index (χ4v) is 9.08. The van der Waals surface area contributed by atoms with Crippen molar-refractivity contribution >= 4 is 67.9 Å². The average molecular weight is 1130 g/mol. The second-order valence-corrected chi connectivity index (χ2v) is 20.0. The third-order valence-electron chi connectivity index (χ3n) is 13.4. The van der Waals surface area contributed by atoms with Gasteiger partial charge in [0.25, 0.3) is 11.8 Å². The van der Waals surface area contributed by atoms with Gasteiger partial charge in [0, 0.05) is 43.5 Å². The lowest BCUT2D eigenvalue weighted by Crippen LogP contribution is -2.33. The van der Waals surface area contributed by atoms with Crippen LogP contribution in [0.4, 0.5) is 22.7 Å². The number of benzene rings is 8. The first-order valence-electron chi connectivity index (χ1n) is 28.0.